The maximum Gasteiger partial charge on any atom is 0.134 e. The lowest BCUT2D eigenvalue weighted by Gasteiger charge is -2.29. The number of hydrogen-bond acceptors (Lipinski definition) is 4. The summed E-state index contributed by atoms with van der Waals surface area (Å²) in [7, 11) is 4.10. The molecule has 0 unspecified atom stereocenters. The molecule has 2 heterocycles. The highest BCUT2D eigenvalue weighted by atomic mass is 32.1. The minimum Gasteiger partial charge on any atom is -0.389 e. The lowest BCUT2D eigenvalue weighted by Crippen LogP contribution is -2.33. The number of hydrogen-bond donors (Lipinski definition) is 2. The molecule has 19 heavy (non-hydrogen) atoms. The molecule has 0 bridgehead atoms. The van der Waals surface area contributed by atoms with Crippen molar-refractivity contribution in [2.75, 3.05) is 32.0 Å². The number of piperidine rings is 1. The highest BCUT2D eigenvalue weighted by Crippen LogP contribution is 2.21. The Bertz CT molecular complexity index is 460. The van der Waals surface area contributed by atoms with Crippen molar-refractivity contribution in [2.45, 2.75) is 19.8 Å². The third-order valence-electron chi connectivity index (χ3n) is 3.86. The van der Waals surface area contributed by atoms with Crippen molar-refractivity contribution in [3.63, 3.8) is 0 Å². The van der Waals surface area contributed by atoms with Crippen molar-refractivity contribution in [2.24, 2.45) is 18.7 Å². The summed E-state index contributed by atoms with van der Waals surface area (Å²) >= 11 is 5.11. The van der Waals surface area contributed by atoms with Crippen LogP contribution in [0, 0.1) is 12.8 Å². The van der Waals surface area contributed by atoms with Gasteiger partial charge in [-0.1, -0.05) is 12.2 Å². The number of likely N-dealkylation sites (tertiary alicyclic amines) is 1. The Morgan fingerprint density at radius 1 is 1.42 bits per heavy atom. The third kappa shape index (κ3) is 3.25. The second-order valence-electron chi connectivity index (χ2n) is 5.42. The minimum absolute atomic E-state index is 0.413. The number of anilines is 1. The van der Waals surface area contributed by atoms with Gasteiger partial charge in [-0.15, -0.1) is 0 Å². The quantitative estimate of drug-likeness (QED) is 0.810. The van der Waals surface area contributed by atoms with Crippen LogP contribution in [0.15, 0.2) is 0 Å². The summed E-state index contributed by atoms with van der Waals surface area (Å²) in [6, 6.07) is 0. The van der Waals surface area contributed by atoms with Crippen molar-refractivity contribution in [3.05, 3.63) is 11.3 Å². The molecule has 1 aliphatic heterocycles. The molecule has 0 amide bonds. The molecular formula is C13H23N5S. The minimum atomic E-state index is 0.413. The normalized spacial score (nSPS) is 17.6. The van der Waals surface area contributed by atoms with E-state index in [9.17, 15) is 0 Å². The van der Waals surface area contributed by atoms with Gasteiger partial charge >= 0.3 is 0 Å². The van der Waals surface area contributed by atoms with E-state index in [4.69, 9.17) is 18.0 Å². The first-order valence-electron chi connectivity index (χ1n) is 6.75. The summed E-state index contributed by atoms with van der Waals surface area (Å²) in [6.07, 6.45) is 2.48. The van der Waals surface area contributed by atoms with Crippen molar-refractivity contribution < 1.29 is 0 Å². The van der Waals surface area contributed by atoms with E-state index in [2.05, 4.69) is 22.4 Å². The van der Waals surface area contributed by atoms with Crippen molar-refractivity contribution in [1.82, 2.24) is 14.7 Å². The predicted octanol–water partition coefficient (Wildman–Crippen LogP) is 1.12. The summed E-state index contributed by atoms with van der Waals surface area (Å²) in [5, 5.41) is 7.87. The van der Waals surface area contributed by atoms with E-state index in [-0.39, 0.29) is 0 Å². The number of rotatable bonds is 4. The van der Waals surface area contributed by atoms with Gasteiger partial charge < -0.3 is 16.0 Å². The maximum atomic E-state index is 5.79. The summed E-state index contributed by atoms with van der Waals surface area (Å²) in [6.45, 7) is 5.26. The van der Waals surface area contributed by atoms with Gasteiger partial charge in [0.05, 0.1) is 11.3 Å². The van der Waals surface area contributed by atoms with Crippen LogP contribution in [0.25, 0.3) is 0 Å². The molecule has 6 heteroatoms. The third-order valence-corrected chi connectivity index (χ3v) is 4.07. The fourth-order valence-electron chi connectivity index (χ4n) is 2.66. The lowest BCUT2D eigenvalue weighted by molar-refractivity contribution is 0.226. The van der Waals surface area contributed by atoms with Crippen LogP contribution in [0.5, 0.6) is 0 Å². The average molecular weight is 281 g/mol. The van der Waals surface area contributed by atoms with E-state index in [1.54, 1.807) is 0 Å². The van der Waals surface area contributed by atoms with Gasteiger partial charge in [0.2, 0.25) is 0 Å². The Kier molecular flexibility index (Phi) is 4.42. The molecule has 5 nitrogen and oxygen atoms in total. The zero-order valence-electron chi connectivity index (χ0n) is 11.9. The Morgan fingerprint density at radius 3 is 2.63 bits per heavy atom. The molecule has 2 rings (SSSR count). The second kappa shape index (κ2) is 5.88. The van der Waals surface area contributed by atoms with E-state index in [0.717, 1.165) is 23.6 Å². The van der Waals surface area contributed by atoms with E-state index in [0.29, 0.717) is 10.9 Å². The van der Waals surface area contributed by atoms with Crippen LogP contribution >= 0.6 is 12.2 Å². The Hall–Kier alpha value is -1.14. The summed E-state index contributed by atoms with van der Waals surface area (Å²) in [5.74, 6) is 1.66. The number of aromatic nitrogens is 2. The van der Waals surface area contributed by atoms with Crippen LogP contribution in [-0.4, -0.2) is 46.4 Å². The van der Waals surface area contributed by atoms with Gasteiger partial charge in [-0.2, -0.15) is 5.10 Å². The summed E-state index contributed by atoms with van der Waals surface area (Å²) < 4.78 is 1.83. The lowest BCUT2D eigenvalue weighted by atomic mass is 9.97. The van der Waals surface area contributed by atoms with E-state index >= 15 is 0 Å². The number of nitrogens with one attached hydrogen (secondary N) is 1. The van der Waals surface area contributed by atoms with E-state index in [1.165, 1.54) is 25.9 Å². The SMILES string of the molecule is Cc1nn(C)c(NCC2CCN(C)CC2)c1C(N)=S. The molecule has 106 valence electrons. The number of nitrogens with zero attached hydrogens (tertiary/aromatic N) is 3. The highest BCUT2D eigenvalue weighted by Gasteiger charge is 2.19. The second-order valence-corrected chi connectivity index (χ2v) is 5.86. The molecule has 0 aliphatic carbocycles. The van der Waals surface area contributed by atoms with Crippen LogP contribution in [0.1, 0.15) is 24.1 Å². The van der Waals surface area contributed by atoms with Gasteiger partial charge in [0.25, 0.3) is 0 Å². The molecule has 0 spiro atoms. The zero-order valence-corrected chi connectivity index (χ0v) is 12.8. The van der Waals surface area contributed by atoms with Gasteiger partial charge in [0.15, 0.2) is 0 Å². The molecule has 1 fully saturated rings. The molecule has 3 N–H and O–H groups in total. The average Bonchev–Trinajstić information content (AvgIpc) is 2.63. The fourth-order valence-corrected chi connectivity index (χ4v) is 2.91. The summed E-state index contributed by atoms with van der Waals surface area (Å²) in [4.78, 5) is 2.79. The fraction of sp³-hybridized carbons (Fsp3) is 0.692. The van der Waals surface area contributed by atoms with Crippen LogP contribution in [0.3, 0.4) is 0 Å². The van der Waals surface area contributed by atoms with Gasteiger partial charge in [-0.25, -0.2) is 0 Å². The van der Waals surface area contributed by atoms with Crippen LogP contribution in [0.2, 0.25) is 0 Å². The van der Waals surface area contributed by atoms with E-state index in [1.807, 2.05) is 18.7 Å². The molecule has 0 aromatic carbocycles. The first kappa shape index (κ1) is 14.3. The number of thiocarbonyl (C=S) groups is 1. The van der Waals surface area contributed by atoms with Crippen molar-refractivity contribution in [3.8, 4) is 0 Å². The Morgan fingerprint density at radius 2 is 2.05 bits per heavy atom. The van der Waals surface area contributed by atoms with Crippen molar-refractivity contribution in [1.29, 1.82) is 0 Å². The number of aryl methyl sites for hydroxylation is 2. The largest absolute Gasteiger partial charge is 0.389 e. The first-order valence-corrected chi connectivity index (χ1v) is 7.15. The predicted molar refractivity (Wildman–Crippen MR) is 82.5 cm³/mol. The standard InChI is InChI=1S/C13H23N5S/c1-9-11(12(14)19)13(18(3)16-9)15-8-10-4-6-17(2)7-5-10/h10,15H,4-8H2,1-3H3,(H2,14,19). The van der Waals surface area contributed by atoms with Gasteiger partial charge in [-0.05, 0) is 45.8 Å². The van der Waals surface area contributed by atoms with E-state index < -0.39 is 0 Å². The Labute approximate surface area is 120 Å². The Balaban J connectivity index is 2.01. The van der Waals surface area contributed by atoms with Crippen LogP contribution in [-0.2, 0) is 7.05 Å². The maximum absolute atomic E-state index is 5.79. The molecule has 1 saturated heterocycles. The van der Waals surface area contributed by atoms with Gasteiger partial charge in [0, 0.05) is 13.6 Å². The van der Waals surface area contributed by atoms with Crippen LogP contribution < -0.4 is 11.1 Å². The molecule has 1 aromatic rings. The molecule has 0 radical (unpaired) electrons. The number of nitrogens with two attached hydrogens (primary N) is 1. The molecule has 1 aromatic heterocycles. The first-order chi connectivity index (χ1) is 8.99. The smallest absolute Gasteiger partial charge is 0.134 e. The molecule has 0 atom stereocenters. The molecule has 1 aliphatic rings. The molecular weight excluding hydrogens is 258 g/mol. The van der Waals surface area contributed by atoms with Gasteiger partial charge in [-0.3, -0.25) is 4.68 Å². The van der Waals surface area contributed by atoms with Crippen molar-refractivity contribution >= 4 is 23.0 Å². The summed E-state index contributed by atoms with van der Waals surface area (Å²) in [5.41, 5.74) is 7.56. The molecule has 0 saturated carbocycles. The van der Waals surface area contributed by atoms with Crippen LogP contribution in [0.4, 0.5) is 5.82 Å². The van der Waals surface area contributed by atoms with Gasteiger partial charge in [0.1, 0.15) is 10.8 Å². The highest BCUT2D eigenvalue weighted by molar-refractivity contribution is 7.80. The zero-order chi connectivity index (χ0) is 14.0. The topological polar surface area (TPSA) is 59.1 Å². The monoisotopic (exact) mass is 281 g/mol.